The molecule has 11 heteroatoms. The summed E-state index contributed by atoms with van der Waals surface area (Å²) in [5, 5.41) is 3.38. The van der Waals surface area contributed by atoms with Crippen molar-refractivity contribution in [3.63, 3.8) is 0 Å². The van der Waals surface area contributed by atoms with Gasteiger partial charge in [0, 0.05) is 30.2 Å². The van der Waals surface area contributed by atoms with E-state index in [1.54, 1.807) is 12.1 Å². The van der Waals surface area contributed by atoms with Crippen molar-refractivity contribution in [3.05, 3.63) is 63.9 Å². The monoisotopic (exact) mass is 559 g/mol. The van der Waals surface area contributed by atoms with E-state index in [0.717, 1.165) is 35.6 Å². The van der Waals surface area contributed by atoms with Crippen LogP contribution in [0.3, 0.4) is 0 Å². The Labute approximate surface area is 222 Å². The maximum Gasteiger partial charge on any atom is 0.246 e. The van der Waals surface area contributed by atoms with E-state index in [1.807, 2.05) is 20.2 Å². The van der Waals surface area contributed by atoms with E-state index in [-0.39, 0.29) is 53.0 Å². The Balaban J connectivity index is 1.45. The summed E-state index contributed by atoms with van der Waals surface area (Å²) in [7, 11) is 1.59. The van der Waals surface area contributed by atoms with Gasteiger partial charge in [-0.05, 0) is 75.7 Å². The van der Waals surface area contributed by atoms with Crippen LogP contribution in [0.2, 0.25) is 10.0 Å². The van der Waals surface area contributed by atoms with Crippen molar-refractivity contribution in [2.45, 2.75) is 42.2 Å². The van der Waals surface area contributed by atoms with Crippen LogP contribution in [0.15, 0.2) is 47.4 Å². The highest BCUT2D eigenvalue weighted by Gasteiger charge is 2.39. The molecule has 0 saturated heterocycles. The topological polar surface area (TPSA) is 79.0 Å². The van der Waals surface area contributed by atoms with Gasteiger partial charge in [0.1, 0.15) is 17.3 Å². The van der Waals surface area contributed by atoms with Gasteiger partial charge >= 0.3 is 0 Å². The molecule has 0 heterocycles. The highest BCUT2D eigenvalue weighted by atomic mass is 35.5. The molecule has 0 atom stereocenters. The maximum atomic E-state index is 13.8. The third-order valence-corrected chi connectivity index (χ3v) is 9.34. The van der Waals surface area contributed by atoms with Crippen molar-refractivity contribution >= 4 is 39.1 Å². The van der Waals surface area contributed by atoms with Gasteiger partial charge in [0.25, 0.3) is 0 Å². The Kier molecular flexibility index (Phi) is 9.76. The largest absolute Gasteiger partial charge is 0.370 e. The number of halogens is 3. The van der Waals surface area contributed by atoms with Crippen LogP contribution in [0, 0.1) is 5.82 Å². The number of carbonyl (C=O) groups is 1. The molecule has 0 radical (unpaired) electrons. The molecule has 1 amide bonds. The van der Waals surface area contributed by atoms with Crippen molar-refractivity contribution in [1.29, 1.82) is 0 Å². The number of ether oxygens (including phenoxy) is 1. The number of hydrogen-bond donors (Lipinski definition) is 1. The van der Waals surface area contributed by atoms with Crippen molar-refractivity contribution in [1.82, 2.24) is 14.5 Å². The summed E-state index contributed by atoms with van der Waals surface area (Å²) in [5.74, 6) is -0.509. The molecule has 2 aromatic rings. The van der Waals surface area contributed by atoms with Crippen LogP contribution < -0.4 is 5.32 Å². The van der Waals surface area contributed by atoms with Gasteiger partial charge in [0.05, 0.1) is 11.6 Å². The molecule has 0 unspecified atom stereocenters. The molecule has 7 nitrogen and oxygen atoms in total. The van der Waals surface area contributed by atoms with E-state index >= 15 is 0 Å². The number of benzene rings is 2. The smallest absolute Gasteiger partial charge is 0.246 e. The quantitative estimate of drug-likeness (QED) is 0.439. The molecule has 1 aliphatic rings. The molecule has 2 aromatic carbocycles. The fraction of sp³-hybridized carbons (Fsp3) is 0.480. The van der Waals surface area contributed by atoms with Gasteiger partial charge in [0.2, 0.25) is 15.9 Å². The third kappa shape index (κ3) is 6.76. The zero-order valence-electron chi connectivity index (χ0n) is 20.6. The molecule has 0 aliphatic heterocycles. The van der Waals surface area contributed by atoms with Gasteiger partial charge in [-0.1, -0.05) is 35.3 Å². The normalized spacial score (nSPS) is 20.6. The van der Waals surface area contributed by atoms with Gasteiger partial charge in [0.15, 0.2) is 0 Å². The van der Waals surface area contributed by atoms with E-state index in [1.165, 1.54) is 31.3 Å². The highest BCUT2D eigenvalue weighted by Crippen LogP contribution is 2.41. The first-order chi connectivity index (χ1) is 17.0. The minimum atomic E-state index is -3.82. The molecule has 36 heavy (non-hydrogen) atoms. The molecule has 1 saturated carbocycles. The zero-order valence-corrected chi connectivity index (χ0v) is 23.0. The zero-order chi connectivity index (χ0) is 26.5. The lowest BCUT2D eigenvalue weighted by atomic mass is 9.74. The van der Waals surface area contributed by atoms with E-state index in [2.05, 4.69) is 10.2 Å². The second kappa shape index (κ2) is 12.2. The minimum Gasteiger partial charge on any atom is -0.370 e. The predicted molar refractivity (Wildman–Crippen MR) is 139 cm³/mol. The average molecular weight is 561 g/mol. The summed E-state index contributed by atoms with van der Waals surface area (Å²) >= 11 is 11.9. The Bertz CT molecular complexity index is 1170. The van der Waals surface area contributed by atoms with E-state index < -0.39 is 10.0 Å². The summed E-state index contributed by atoms with van der Waals surface area (Å²) in [6, 6.07) is 10.9. The lowest BCUT2D eigenvalue weighted by Crippen LogP contribution is -2.49. The van der Waals surface area contributed by atoms with Crippen LogP contribution >= 0.6 is 23.2 Å². The first-order valence-electron chi connectivity index (χ1n) is 11.7. The van der Waals surface area contributed by atoms with Crippen LogP contribution in [0.25, 0.3) is 0 Å². The average Bonchev–Trinajstić information content (AvgIpc) is 2.81. The Morgan fingerprint density at radius 3 is 2.44 bits per heavy atom. The first kappa shape index (κ1) is 28.8. The molecule has 0 bridgehead atoms. The number of nitrogens with zero attached hydrogens (tertiary/aromatic N) is 2. The third-order valence-electron chi connectivity index (χ3n) is 6.76. The predicted octanol–water partition coefficient (Wildman–Crippen LogP) is 4.29. The molecule has 198 valence electrons. The van der Waals surface area contributed by atoms with Gasteiger partial charge in [-0.15, -0.1) is 0 Å². The molecular weight excluding hydrogens is 528 g/mol. The number of hydrogen-bond acceptors (Lipinski definition) is 5. The number of likely N-dealkylation sites (N-methyl/N-ethyl adjacent to an activating group) is 1. The van der Waals surface area contributed by atoms with Crippen LogP contribution in [0.4, 0.5) is 4.39 Å². The molecule has 1 N–H and O–H groups in total. The van der Waals surface area contributed by atoms with Crippen molar-refractivity contribution in [2.24, 2.45) is 0 Å². The second-order valence-corrected chi connectivity index (χ2v) is 12.1. The minimum absolute atomic E-state index is 0.00201. The number of nitrogens with one attached hydrogen (secondary N) is 1. The number of rotatable bonds is 10. The Morgan fingerprint density at radius 1 is 1.14 bits per heavy atom. The van der Waals surface area contributed by atoms with Crippen LogP contribution in [0.5, 0.6) is 0 Å². The van der Waals surface area contributed by atoms with E-state index in [9.17, 15) is 17.6 Å². The van der Waals surface area contributed by atoms with Gasteiger partial charge in [-0.3, -0.25) is 9.69 Å². The Morgan fingerprint density at radius 2 is 1.83 bits per heavy atom. The number of sulfonamides is 1. The van der Waals surface area contributed by atoms with E-state index in [4.69, 9.17) is 27.9 Å². The molecular formula is C25H32Cl2FN3O4S. The van der Waals surface area contributed by atoms with Gasteiger partial charge in [-0.25, -0.2) is 12.8 Å². The lowest BCUT2D eigenvalue weighted by Gasteiger charge is -2.45. The summed E-state index contributed by atoms with van der Waals surface area (Å²) in [5.41, 5.74) is 0.669. The lowest BCUT2D eigenvalue weighted by molar-refractivity contribution is -0.126. The van der Waals surface area contributed by atoms with Crippen molar-refractivity contribution < 1.29 is 22.3 Å². The summed E-state index contributed by atoms with van der Waals surface area (Å²) < 4.78 is 45.8. The molecule has 0 aromatic heterocycles. The van der Waals surface area contributed by atoms with Crippen molar-refractivity contribution in [2.75, 3.05) is 40.9 Å². The van der Waals surface area contributed by atoms with Gasteiger partial charge in [-0.2, -0.15) is 4.31 Å². The van der Waals surface area contributed by atoms with Crippen LogP contribution in [-0.2, 0) is 25.1 Å². The summed E-state index contributed by atoms with van der Waals surface area (Å²) in [6.45, 7) is -0.0753. The Hall–Kier alpha value is -1.75. The number of carbonyl (C=O) groups excluding carboxylic acids is 1. The first-order valence-corrected chi connectivity index (χ1v) is 13.9. The van der Waals surface area contributed by atoms with Crippen LogP contribution in [0.1, 0.15) is 31.2 Å². The fourth-order valence-corrected chi connectivity index (χ4v) is 6.51. The maximum absolute atomic E-state index is 13.8. The van der Waals surface area contributed by atoms with Gasteiger partial charge < -0.3 is 10.1 Å². The molecule has 1 fully saturated rings. The standard InChI is InChI=1S/C25H32Cl2FN3O4S/c1-30(2)25(18-5-4-6-20(28)15-18)11-9-21(10-12-25)29-24(32)17-35-14-13-31(3)36(33,34)23-8-7-19(26)16-22(23)27/h4-8,15-16,21H,9-14,17H2,1-3H3,(H,29,32). The summed E-state index contributed by atoms with van der Waals surface area (Å²) in [4.78, 5) is 14.5. The fourth-order valence-electron chi connectivity index (χ4n) is 4.61. The molecule has 3 rings (SSSR count). The van der Waals surface area contributed by atoms with E-state index in [0.29, 0.717) is 5.02 Å². The second-order valence-electron chi connectivity index (χ2n) is 9.23. The van der Waals surface area contributed by atoms with Crippen molar-refractivity contribution in [3.8, 4) is 0 Å². The molecule has 0 spiro atoms. The number of amides is 1. The highest BCUT2D eigenvalue weighted by molar-refractivity contribution is 7.89. The SMILES string of the molecule is CN(C)C1(c2cccc(F)c2)CCC(NC(=O)COCCN(C)S(=O)(=O)c2ccc(Cl)cc2Cl)CC1. The molecule has 1 aliphatic carbocycles. The van der Waals surface area contributed by atoms with Crippen LogP contribution in [-0.4, -0.2) is 70.5 Å². The summed E-state index contributed by atoms with van der Waals surface area (Å²) in [6.07, 6.45) is 3.07.